The predicted molar refractivity (Wildman–Crippen MR) is 121 cm³/mol. The zero-order valence-electron chi connectivity index (χ0n) is 18.6. The van der Waals surface area contributed by atoms with Gasteiger partial charge in [0.1, 0.15) is 6.61 Å². The van der Waals surface area contributed by atoms with Crippen molar-refractivity contribution in [1.29, 1.82) is 0 Å². The second kappa shape index (κ2) is 9.31. The summed E-state index contributed by atoms with van der Waals surface area (Å²) in [5, 5.41) is 2.84. The number of para-hydroxylation sites is 1. The maximum absolute atomic E-state index is 12.6. The Labute approximate surface area is 189 Å². The van der Waals surface area contributed by atoms with Crippen LogP contribution in [0.1, 0.15) is 12.8 Å². The first-order chi connectivity index (χ1) is 15.9. The number of aromatic nitrogens is 4. The molecule has 1 aliphatic rings. The van der Waals surface area contributed by atoms with Crippen LogP contribution in [0.4, 0.5) is 10.5 Å². The van der Waals surface area contributed by atoms with Crippen LogP contribution in [0.25, 0.3) is 11.2 Å². The zero-order chi connectivity index (χ0) is 23.5. The quantitative estimate of drug-likeness (QED) is 0.573. The van der Waals surface area contributed by atoms with Gasteiger partial charge < -0.3 is 19.5 Å². The monoisotopic (exact) mass is 454 g/mol. The third kappa shape index (κ3) is 4.52. The number of amides is 2. The molecule has 3 aromatic rings. The maximum Gasteiger partial charge on any atom is 0.332 e. The van der Waals surface area contributed by atoms with Crippen LogP contribution in [0.2, 0.25) is 0 Å². The topological polar surface area (TPSA) is 120 Å². The molecule has 0 radical (unpaired) electrons. The molecule has 33 heavy (non-hydrogen) atoms. The van der Waals surface area contributed by atoms with E-state index in [9.17, 15) is 19.2 Å². The number of fused-ring (bicyclic) bond motifs is 1. The van der Waals surface area contributed by atoms with Crippen LogP contribution < -0.4 is 16.6 Å². The van der Waals surface area contributed by atoms with Crippen LogP contribution in [-0.4, -0.2) is 55.3 Å². The molecule has 1 unspecified atom stereocenters. The number of rotatable bonds is 5. The summed E-state index contributed by atoms with van der Waals surface area (Å²) in [6.07, 6.45) is 2.80. The summed E-state index contributed by atoms with van der Waals surface area (Å²) in [4.78, 5) is 55.5. The summed E-state index contributed by atoms with van der Waals surface area (Å²) in [5.41, 5.74) is 0.342. The number of aryl methyl sites for hydroxylation is 1. The Morgan fingerprint density at radius 3 is 2.67 bits per heavy atom. The van der Waals surface area contributed by atoms with Crippen LogP contribution in [0.15, 0.2) is 46.2 Å². The van der Waals surface area contributed by atoms with Gasteiger partial charge in [0.05, 0.1) is 18.8 Å². The first-order valence-corrected chi connectivity index (χ1v) is 10.7. The van der Waals surface area contributed by atoms with Crippen molar-refractivity contribution in [3.8, 4) is 0 Å². The highest BCUT2D eigenvalue weighted by atomic mass is 16.5. The fourth-order valence-electron chi connectivity index (χ4n) is 4.01. The number of ether oxygens (including phenoxy) is 1. The molecule has 2 amide bonds. The van der Waals surface area contributed by atoms with Gasteiger partial charge in [-0.25, -0.2) is 14.6 Å². The lowest BCUT2D eigenvalue weighted by Gasteiger charge is -2.31. The number of piperidine rings is 1. The van der Waals surface area contributed by atoms with Gasteiger partial charge >= 0.3 is 17.7 Å². The van der Waals surface area contributed by atoms with E-state index in [2.05, 4.69) is 10.3 Å². The van der Waals surface area contributed by atoms with Crippen molar-refractivity contribution in [2.24, 2.45) is 20.0 Å². The number of nitrogens with zero attached hydrogens (tertiary/aromatic N) is 5. The van der Waals surface area contributed by atoms with Gasteiger partial charge in [0, 0.05) is 32.9 Å². The second-order valence-corrected chi connectivity index (χ2v) is 8.06. The van der Waals surface area contributed by atoms with Gasteiger partial charge in [-0.2, -0.15) is 0 Å². The third-order valence-electron chi connectivity index (χ3n) is 5.86. The SMILES string of the molecule is Cn1c(=O)c2c(ncn2CCOC(=O)C2CCCN(C(=O)Nc3ccccc3)C2)n(C)c1=O. The van der Waals surface area contributed by atoms with E-state index in [4.69, 9.17) is 4.74 Å². The summed E-state index contributed by atoms with van der Waals surface area (Å²) in [5.74, 6) is -0.787. The van der Waals surface area contributed by atoms with Gasteiger partial charge in [-0.1, -0.05) is 18.2 Å². The van der Waals surface area contributed by atoms with Crippen molar-refractivity contribution in [3.05, 3.63) is 57.5 Å². The highest BCUT2D eigenvalue weighted by molar-refractivity contribution is 5.89. The summed E-state index contributed by atoms with van der Waals surface area (Å²) in [7, 11) is 2.95. The van der Waals surface area contributed by atoms with Gasteiger partial charge in [0.25, 0.3) is 5.56 Å². The largest absolute Gasteiger partial charge is 0.464 e. The Bertz CT molecular complexity index is 1290. The van der Waals surface area contributed by atoms with E-state index in [0.717, 1.165) is 4.57 Å². The summed E-state index contributed by atoms with van der Waals surface area (Å²) >= 11 is 0. The molecule has 1 aromatic carbocycles. The molecule has 2 aromatic heterocycles. The van der Waals surface area contributed by atoms with Crippen molar-refractivity contribution in [2.45, 2.75) is 19.4 Å². The van der Waals surface area contributed by atoms with Crippen molar-refractivity contribution < 1.29 is 14.3 Å². The Balaban J connectivity index is 1.35. The summed E-state index contributed by atoms with van der Waals surface area (Å²) in [6, 6.07) is 8.91. The van der Waals surface area contributed by atoms with Gasteiger partial charge in [-0.15, -0.1) is 0 Å². The van der Waals surface area contributed by atoms with E-state index >= 15 is 0 Å². The Morgan fingerprint density at radius 2 is 1.91 bits per heavy atom. The molecule has 0 spiro atoms. The molecule has 4 rings (SSSR count). The van der Waals surface area contributed by atoms with Crippen LogP contribution in [0.5, 0.6) is 0 Å². The van der Waals surface area contributed by atoms with Crippen LogP contribution >= 0.6 is 0 Å². The molecule has 1 fully saturated rings. The highest BCUT2D eigenvalue weighted by Crippen LogP contribution is 2.19. The Hall–Kier alpha value is -3.89. The zero-order valence-corrected chi connectivity index (χ0v) is 18.6. The minimum Gasteiger partial charge on any atom is -0.464 e. The molecule has 0 bridgehead atoms. The Morgan fingerprint density at radius 1 is 1.15 bits per heavy atom. The summed E-state index contributed by atoms with van der Waals surface area (Å²) < 4.78 is 9.34. The van der Waals surface area contributed by atoms with E-state index in [1.807, 2.05) is 18.2 Å². The lowest BCUT2D eigenvalue weighted by Crippen LogP contribution is -2.44. The number of anilines is 1. The van der Waals surface area contributed by atoms with E-state index in [-0.39, 0.29) is 42.9 Å². The average Bonchev–Trinajstić information content (AvgIpc) is 3.26. The third-order valence-corrected chi connectivity index (χ3v) is 5.86. The number of imidazole rings is 1. The molecule has 1 saturated heterocycles. The van der Waals surface area contributed by atoms with E-state index < -0.39 is 17.2 Å². The first kappa shape index (κ1) is 22.3. The standard InChI is InChI=1S/C22H26N6O5/c1-25-18-17(19(29)26(2)22(25)32)28(14-23-18)11-12-33-20(30)15-7-6-10-27(13-15)21(31)24-16-8-4-3-5-9-16/h3-5,8-9,14-15H,6-7,10-13H2,1-2H3,(H,24,31). The van der Waals surface area contributed by atoms with Crippen LogP contribution in [-0.2, 0) is 30.2 Å². The highest BCUT2D eigenvalue weighted by Gasteiger charge is 2.29. The number of urea groups is 1. The van der Waals surface area contributed by atoms with Gasteiger partial charge in [-0.3, -0.25) is 18.7 Å². The van der Waals surface area contributed by atoms with Crippen molar-refractivity contribution in [2.75, 3.05) is 25.0 Å². The number of carbonyl (C=O) groups excluding carboxylic acids is 2. The van der Waals surface area contributed by atoms with Crippen molar-refractivity contribution in [1.82, 2.24) is 23.6 Å². The predicted octanol–water partition coefficient (Wildman–Crippen LogP) is 0.921. The number of likely N-dealkylation sites (tertiary alicyclic amines) is 1. The van der Waals surface area contributed by atoms with Crippen molar-refractivity contribution >= 4 is 28.9 Å². The lowest BCUT2D eigenvalue weighted by atomic mass is 9.98. The normalized spacial score (nSPS) is 16.1. The molecule has 0 saturated carbocycles. The van der Waals surface area contributed by atoms with Gasteiger partial charge in [-0.05, 0) is 25.0 Å². The molecular weight excluding hydrogens is 428 g/mol. The average molecular weight is 454 g/mol. The van der Waals surface area contributed by atoms with Crippen LogP contribution in [0.3, 0.4) is 0 Å². The molecule has 11 nitrogen and oxygen atoms in total. The summed E-state index contributed by atoms with van der Waals surface area (Å²) in [6.45, 7) is 1.13. The molecule has 1 aliphatic heterocycles. The smallest absolute Gasteiger partial charge is 0.332 e. The molecule has 174 valence electrons. The fourth-order valence-corrected chi connectivity index (χ4v) is 4.01. The molecular formula is C22H26N6O5. The molecule has 11 heteroatoms. The van der Waals surface area contributed by atoms with E-state index in [0.29, 0.717) is 25.1 Å². The number of nitrogens with one attached hydrogen (secondary N) is 1. The molecule has 0 aliphatic carbocycles. The van der Waals surface area contributed by atoms with E-state index in [1.165, 1.54) is 17.9 Å². The minimum absolute atomic E-state index is 0.0446. The fraction of sp³-hybridized carbons (Fsp3) is 0.409. The molecule has 1 N–H and O–H groups in total. The Kier molecular flexibility index (Phi) is 6.29. The molecule has 1 atom stereocenters. The number of hydrogen-bond acceptors (Lipinski definition) is 6. The first-order valence-electron chi connectivity index (χ1n) is 10.7. The van der Waals surface area contributed by atoms with Gasteiger partial charge in [0.15, 0.2) is 11.2 Å². The second-order valence-electron chi connectivity index (χ2n) is 8.06. The number of carbonyl (C=O) groups is 2. The maximum atomic E-state index is 12.6. The number of esters is 1. The molecule has 3 heterocycles. The number of benzene rings is 1. The van der Waals surface area contributed by atoms with Crippen LogP contribution in [0, 0.1) is 5.92 Å². The van der Waals surface area contributed by atoms with E-state index in [1.54, 1.807) is 28.6 Å². The van der Waals surface area contributed by atoms with Crippen molar-refractivity contribution in [3.63, 3.8) is 0 Å². The minimum atomic E-state index is -0.456. The lowest BCUT2D eigenvalue weighted by molar-refractivity contribution is -0.150. The number of hydrogen-bond donors (Lipinski definition) is 1. The van der Waals surface area contributed by atoms with Gasteiger partial charge in [0.2, 0.25) is 0 Å².